The third-order valence-corrected chi connectivity index (χ3v) is 4.16. The number of nitrogens with two attached hydrogens (primary N) is 1. The summed E-state index contributed by atoms with van der Waals surface area (Å²) in [6, 6.07) is 0.612. The van der Waals surface area contributed by atoms with E-state index >= 15 is 0 Å². The number of rotatable bonds is 6. The Labute approximate surface area is 106 Å². The number of nitrogens with one attached hydrogen (secondary N) is 1. The van der Waals surface area contributed by atoms with Crippen molar-refractivity contribution in [2.45, 2.75) is 71.4 Å². The average molecular weight is 240 g/mol. The van der Waals surface area contributed by atoms with Gasteiger partial charge in [-0.15, -0.1) is 0 Å². The van der Waals surface area contributed by atoms with Gasteiger partial charge in [0, 0.05) is 18.5 Å². The van der Waals surface area contributed by atoms with Crippen LogP contribution in [0.25, 0.3) is 0 Å². The summed E-state index contributed by atoms with van der Waals surface area (Å²) in [6.45, 7) is 6.50. The van der Waals surface area contributed by atoms with Gasteiger partial charge in [0.05, 0.1) is 0 Å². The van der Waals surface area contributed by atoms with Crippen LogP contribution in [0.5, 0.6) is 0 Å². The van der Waals surface area contributed by atoms with Crippen LogP contribution in [0.15, 0.2) is 0 Å². The maximum atomic E-state index is 11.8. The van der Waals surface area contributed by atoms with E-state index in [0.29, 0.717) is 18.4 Å². The minimum atomic E-state index is 0.206. The minimum Gasteiger partial charge on any atom is -0.353 e. The largest absolute Gasteiger partial charge is 0.353 e. The molecule has 1 amide bonds. The van der Waals surface area contributed by atoms with Gasteiger partial charge < -0.3 is 11.1 Å². The minimum absolute atomic E-state index is 0.206. The Kier molecular flexibility index (Phi) is 5.96. The van der Waals surface area contributed by atoms with Crippen molar-refractivity contribution in [3.63, 3.8) is 0 Å². The molecule has 0 bridgehead atoms. The summed E-state index contributed by atoms with van der Waals surface area (Å²) >= 11 is 0. The van der Waals surface area contributed by atoms with Crippen LogP contribution in [0, 0.1) is 11.8 Å². The molecule has 0 aliphatic heterocycles. The van der Waals surface area contributed by atoms with Crippen molar-refractivity contribution in [1.82, 2.24) is 5.32 Å². The van der Waals surface area contributed by atoms with Gasteiger partial charge in [0.1, 0.15) is 0 Å². The highest BCUT2D eigenvalue weighted by Gasteiger charge is 2.32. The van der Waals surface area contributed by atoms with Gasteiger partial charge in [-0.1, -0.05) is 20.3 Å². The van der Waals surface area contributed by atoms with E-state index in [0.717, 1.165) is 25.2 Å². The number of carbonyl (C=O) groups excluding carboxylic acids is 1. The molecule has 1 aliphatic rings. The zero-order valence-electron chi connectivity index (χ0n) is 11.5. The van der Waals surface area contributed by atoms with Crippen molar-refractivity contribution in [1.29, 1.82) is 0 Å². The maximum absolute atomic E-state index is 11.8. The monoisotopic (exact) mass is 240 g/mol. The van der Waals surface area contributed by atoms with E-state index < -0.39 is 0 Å². The molecule has 0 aromatic rings. The number of amides is 1. The molecule has 4 unspecified atom stereocenters. The summed E-state index contributed by atoms with van der Waals surface area (Å²) in [4.78, 5) is 11.8. The summed E-state index contributed by atoms with van der Waals surface area (Å²) in [7, 11) is 0. The lowest BCUT2D eigenvalue weighted by molar-refractivity contribution is -0.122. The first-order valence-corrected chi connectivity index (χ1v) is 7.09. The molecule has 3 nitrogen and oxygen atoms in total. The number of hydrogen-bond acceptors (Lipinski definition) is 2. The van der Waals surface area contributed by atoms with Crippen LogP contribution >= 0.6 is 0 Å². The Hall–Kier alpha value is -0.570. The summed E-state index contributed by atoms with van der Waals surface area (Å²) in [5, 5.41) is 3.19. The normalized spacial score (nSPS) is 30.2. The molecule has 1 saturated carbocycles. The highest BCUT2D eigenvalue weighted by atomic mass is 16.1. The van der Waals surface area contributed by atoms with E-state index in [4.69, 9.17) is 5.73 Å². The second kappa shape index (κ2) is 7.00. The molecule has 0 radical (unpaired) electrons. The summed E-state index contributed by atoms with van der Waals surface area (Å²) in [5.41, 5.74) is 5.67. The van der Waals surface area contributed by atoms with Gasteiger partial charge >= 0.3 is 0 Å². The van der Waals surface area contributed by atoms with Crippen LogP contribution < -0.4 is 11.1 Å². The fourth-order valence-corrected chi connectivity index (χ4v) is 2.89. The molecule has 4 atom stereocenters. The van der Waals surface area contributed by atoms with Crippen LogP contribution in [0.3, 0.4) is 0 Å². The van der Waals surface area contributed by atoms with Crippen LogP contribution in [-0.2, 0) is 4.79 Å². The maximum Gasteiger partial charge on any atom is 0.220 e. The molecule has 0 saturated heterocycles. The molecular formula is C14H28N2O. The van der Waals surface area contributed by atoms with E-state index in [-0.39, 0.29) is 11.9 Å². The van der Waals surface area contributed by atoms with Crippen LogP contribution in [0.4, 0.5) is 0 Å². The molecule has 1 fully saturated rings. The molecular weight excluding hydrogens is 212 g/mol. The standard InChI is InChI=1S/C14H28N2O/c1-4-12-8-9-13(11(12)3)16-14(17)7-5-6-10(2)15/h10-13H,4-9,15H2,1-3H3,(H,16,17). The van der Waals surface area contributed by atoms with Crippen LogP contribution in [0.2, 0.25) is 0 Å². The first-order valence-electron chi connectivity index (χ1n) is 7.09. The Bertz CT molecular complexity index is 240. The Morgan fingerprint density at radius 2 is 2.18 bits per heavy atom. The summed E-state index contributed by atoms with van der Waals surface area (Å²) in [6.07, 6.45) is 6.12. The van der Waals surface area contributed by atoms with Gasteiger partial charge in [0.15, 0.2) is 0 Å². The number of carbonyl (C=O) groups is 1. The third-order valence-electron chi connectivity index (χ3n) is 4.16. The SMILES string of the molecule is CCC1CCC(NC(=O)CCCC(C)N)C1C. The van der Waals surface area contributed by atoms with E-state index in [9.17, 15) is 4.79 Å². The predicted molar refractivity (Wildman–Crippen MR) is 71.6 cm³/mol. The molecule has 3 heteroatoms. The Morgan fingerprint density at radius 3 is 2.71 bits per heavy atom. The van der Waals surface area contributed by atoms with E-state index in [2.05, 4.69) is 19.2 Å². The fourth-order valence-electron chi connectivity index (χ4n) is 2.89. The van der Waals surface area contributed by atoms with Crippen molar-refractivity contribution < 1.29 is 4.79 Å². The Morgan fingerprint density at radius 1 is 1.47 bits per heavy atom. The first kappa shape index (κ1) is 14.5. The van der Waals surface area contributed by atoms with Crippen LogP contribution in [-0.4, -0.2) is 18.0 Å². The molecule has 0 aromatic heterocycles. The van der Waals surface area contributed by atoms with Crippen LogP contribution in [0.1, 0.15) is 59.3 Å². The second-order valence-corrected chi connectivity index (χ2v) is 5.65. The molecule has 0 aromatic carbocycles. The lowest BCUT2D eigenvalue weighted by Gasteiger charge is -2.21. The average Bonchev–Trinajstić information content (AvgIpc) is 2.59. The van der Waals surface area contributed by atoms with Crippen molar-refractivity contribution >= 4 is 5.91 Å². The zero-order chi connectivity index (χ0) is 12.8. The molecule has 0 heterocycles. The van der Waals surface area contributed by atoms with E-state index in [1.54, 1.807) is 0 Å². The predicted octanol–water partition coefficient (Wildman–Crippen LogP) is 2.44. The quantitative estimate of drug-likeness (QED) is 0.749. The van der Waals surface area contributed by atoms with Crippen molar-refractivity contribution in [3.05, 3.63) is 0 Å². The van der Waals surface area contributed by atoms with E-state index in [1.165, 1.54) is 12.8 Å². The van der Waals surface area contributed by atoms with Gasteiger partial charge in [-0.2, -0.15) is 0 Å². The van der Waals surface area contributed by atoms with Gasteiger partial charge in [-0.05, 0) is 44.4 Å². The molecule has 1 rings (SSSR count). The molecule has 0 spiro atoms. The zero-order valence-corrected chi connectivity index (χ0v) is 11.5. The fraction of sp³-hybridized carbons (Fsp3) is 0.929. The highest BCUT2D eigenvalue weighted by Crippen LogP contribution is 2.33. The topological polar surface area (TPSA) is 55.1 Å². The highest BCUT2D eigenvalue weighted by molar-refractivity contribution is 5.76. The van der Waals surface area contributed by atoms with Crippen molar-refractivity contribution in [3.8, 4) is 0 Å². The van der Waals surface area contributed by atoms with Gasteiger partial charge in [-0.3, -0.25) is 4.79 Å². The smallest absolute Gasteiger partial charge is 0.220 e. The summed E-state index contributed by atoms with van der Waals surface area (Å²) < 4.78 is 0. The van der Waals surface area contributed by atoms with E-state index in [1.807, 2.05) is 6.92 Å². The molecule has 100 valence electrons. The lowest BCUT2D eigenvalue weighted by atomic mass is 9.93. The molecule has 17 heavy (non-hydrogen) atoms. The van der Waals surface area contributed by atoms with Gasteiger partial charge in [0.2, 0.25) is 5.91 Å². The van der Waals surface area contributed by atoms with Crippen molar-refractivity contribution in [2.24, 2.45) is 17.6 Å². The third kappa shape index (κ3) is 4.66. The lowest BCUT2D eigenvalue weighted by Crippen LogP contribution is -2.37. The van der Waals surface area contributed by atoms with Gasteiger partial charge in [-0.25, -0.2) is 0 Å². The first-order chi connectivity index (χ1) is 8.04. The summed E-state index contributed by atoms with van der Waals surface area (Å²) in [5.74, 6) is 1.64. The Balaban J connectivity index is 2.23. The molecule has 3 N–H and O–H groups in total. The number of hydrogen-bond donors (Lipinski definition) is 2. The molecule has 1 aliphatic carbocycles. The second-order valence-electron chi connectivity index (χ2n) is 5.65. The van der Waals surface area contributed by atoms with Gasteiger partial charge in [0.25, 0.3) is 0 Å². The van der Waals surface area contributed by atoms with Crippen molar-refractivity contribution in [2.75, 3.05) is 0 Å².